The van der Waals surface area contributed by atoms with Gasteiger partial charge in [0.05, 0.1) is 17.0 Å². The van der Waals surface area contributed by atoms with Gasteiger partial charge in [0.15, 0.2) is 0 Å². The Morgan fingerprint density at radius 2 is 2.09 bits per heavy atom. The highest BCUT2D eigenvalue weighted by Crippen LogP contribution is 2.35. The number of rotatable bonds is 5. The summed E-state index contributed by atoms with van der Waals surface area (Å²) < 4.78 is 9.76. The lowest BCUT2D eigenvalue weighted by Crippen LogP contribution is -2.24. The normalized spacial score (nSPS) is 11.4. The summed E-state index contributed by atoms with van der Waals surface area (Å²) in [5, 5.41) is 0.979. The maximum absolute atomic E-state index is 6.28. The molecule has 2 aromatic rings. The minimum absolute atomic E-state index is 0.391. The number of hydrogen-bond donors (Lipinski definition) is 0. The molecule has 0 fully saturated rings. The van der Waals surface area contributed by atoms with E-state index in [2.05, 4.69) is 28.2 Å². The van der Waals surface area contributed by atoms with Gasteiger partial charge in [-0.2, -0.15) is 9.36 Å². The van der Waals surface area contributed by atoms with Crippen molar-refractivity contribution in [2.75, 3.05) is 7.05 Å². The molecule has 0 aliphatic carbocycles. The average molecular weight is 339 g/mol. The zero-order valence-corrected chi connectivity index (χ0v) is 14.9. The Kier molecular flexibility index (Phi) is 5.37. The minimum Gasteiger partial charge on any atom is -0.428 e. The molecule has 0 radical (unpaired) electrons. The van der Waals surface area contributed by atoms with Crippen LogP contribution in [0.1, 0.15) is 25.2 Å². The molecule has 7 heteroatoms. The van der Waals surface area contributed by atoms with E-state index in [9.17, 15) is 0 Å². The summed E-state index contributed by atoms with van der Waals surface area (Å²) in [6.45, 7) is 8.00. The maximum atomic E-state index is 6.28. The largest absolute Gasteiger partial charge is 0.428 e. The van der Waals surface area contributed by atoms with Gasteiger partial charge in [0.25, 0.3) is 5.19 Å². The van der Waals surface area contributed by atoms with Gasteiger partial charge in [-0.25, -0.2) is 4.99 Å². The molecule has 22 heavy (non-hydrogen) atoms. The first-order valence-corrected chi connectivity index (χ1v) is 8.06. The first-order chi connectivity index (χ1) is 10.4. The van der Waals surface area contributed by atoms with Crippen LogP contribution >= 0.6 is 23.1 Å². The third kappa shape index (κ3) is 4.18. The van der Waals surface area contributed by atoms with E-state index < -0.39 is 0 Å². The first-order valence-electron chi connectivity index (χ1n) is 6.91. The number of benzene rings is 1. The highest BCUT2D eigenvalue weighted by molar-refractivity contribution is 7.07. The summed E-state index contributed by atoms with van der Waals surface area (Å²) in [7, 11) is 1.99. The second-order valence-electron chi connectivity index (χ2n) is 5.28. The van der Waals surface area contributed by atoms with Crippen LogP contribution in [0.25, 0.3) is 0 Å². The van der Waals surface area contributed by atoms with Crippen LogP contribution in [0.5, 0.6) is 10.9 Å². The summed E-state index contributed by atoms with van der Waals surface area (Å²) in [5.74, 6) is 1.25. The fourth-order valence-corrected chi connectivity index (χ4v) is 2.31. The standard InChI is InChI=1S/C15H19ClN4OS/c1-9(2)20(5)8-17-13-7-12(16)14(6-10(13)3)21-15-18-11(4)19-22-15/h6-9H,1-5H3. The Morgan fingerprint density at radius 3 is 2.68 bits per heavy atom. The Balaban J connectivity index is 2.21. The average Bonchev–Trinajstić information content (AvgIpc) is 2.85. The molecule has 0 amide bonds. The van der Waals surface area contributed by atoms with E-state index in [4.69, 9.17) is 16.3 Å². The predicted molar refractivity (Wildman–Crippen MR) is 92.0 cm³/mol. The first kappa shape index (κ1) is 16.7. The minimum atomic E-state index is 0.391. The lowest BCUT2D eigenvalue weighted by atomic mass is 10.2. The van der Waals surface area contributed by atoms with Gasteiger partial charge < -0.3 is 9.64 Å². The third-order valence-electron chi connectivity index (χ3n) is 3.15. The van der Waals surface area contributed by atoms with Crippen LogP contribution in [0, 0.1) is 13.8 Å². The van der Waals surface area contributed by atoms with Gasteiger partial charge in [0, 0.05) is 24.6 Å². The Morgan fingerprint density at radius 1 is 1.36 bits per heavy atom. The number of halogens is 1. The smallest absolute Gasteiger partial charge is 0.298 e. The molecule has 118 valence electrons. The summed E-state index contributed by atoms with van der Waals surface area (Å²) in [6.07, 6.45) is 1.80. The second kappa shape index (κ2) is 7.07. The van der Waals surface area contributed by atoms with Crippen molar-refractivity contribution in [3.63, 3.8) is 0 Å². The fourth-order valence-electron chi connectivity index (χ4n) is 1.56. The van der Waals surface area contributed by atoms with E-state index in [0.717, 1.165) is 11.3 Å². The SMILES string of the molecule is Cc1nsc(Oc2cc(C)c(N=CN(C)C(C)C)cc2Cl)n1. The molecular formula is C15H19ClN4OS. The molecule has 2 rings (SSSR count). The van der Waals surface area contributed by atoms with E-state index in [1.165, 1.54) is 11.5 Å². The van der Waals surface area contributed by atoms with Gasteiger partial charge in [-0.1, -0.05) is 11.6 Å². The molecule has 0 aliphatic heterocycles. The van der Waals surface area contributed by atoms with Gasteiger partial charge in [0.1, 0.15) is 11.6 Å². The number of aliphatic imine (C=N–C) groups is 1. The zero-order chi connectivity index (χ0) is 16.3. The monoisotopic (exact) mass is 338 g/mol. The number of ether oxygens (including phenoxy) is 1. The van der Waals surface area contributed by atoms with E-state index in [-0.39, 0.29) is 0 Å². The Bertz CT molecular complexity index is 684. The predicted octanol–water partition coefficient (Wildman–Crippen LogP) is 4.60. The third-order valence-corrected chi connectivity index (χ3v) is 4.13. The van der Waals surface area contributed by atoms with Crippen LogP contribution in [0.15, 0.2) is 17.1 Å². The topological polar surface area (TPSA) is 50.6 Å². The molecule has 0 unspecified atom stereocenters. The second-order valence-corrected chi connectivity index (χ2v) is 6.40. The van der Waals surface area contributed by atoms with Gasteiger partial charge in [-0.3, -0.25) is 0 Å². The summed E-state index contributed by atoms with van der Waals surface area (Å²) in [6, 6.07) is 4.05. The van der Waals surface area contributed by atoms with Crippen molar-refractivity contribution in [2.24, 2.45) is 4.99 Å². The Labute approximate surface area is 139 Å². The highest BCUT2D eigenvalue weighted by atomic mass is 35.5. The zero-order valence-electron chi connectivity index (χ0n) is 13.3. The molecule has 1 aromatic carbocycles. The highest BCUT2D eigenvalue weighted by Gasteiger charge is 2.10. The van der Waals surface area contributed by atoms with E-state index in [0.29, 0.717) is 27.8 Å². The molecule has 1 aromatic heterocycles. The van der Waals surface area contributed by atoms with Crippen molar-refractivity contribution in [2.45, 2.75) is 33.7 Å². The lowest BCUT2D eigenvalue weighted by molar-refractivity contribution is 0.429. The summed E-state index contributed by atoms with van der Waals surface area (Å²) in [5.41, 5.74) is 1.80. The quantitative estimate of drug-likeness (QED) is 0.590. The van der Waals surface area contributed by atoms with Crippen molar-refractivity contribution in [1.29, 1.82) is 0 Å². The lowest BCUT2D eigenvalue weighted by Gasteiger charge is -2.17. The molecule has 1 heterocycles. The van der Waals surface area contributed by atoms with E-state index in [1.807, 2.05) is 31.9 Å². The van der Waals surface area contributed by atoms with Gasteiger partial charge in [-0.05, 0) is 45.4 Å². The molecule has 0 bridgehead atoms. The van der Waals surface area contributed by atoms with Crippen LogP contribution in [0.4, 0.5) is 5.69 Å². The fraction of sp³-hybridized carbons (Fsp3) is 0.400. The van der Waals surface area contributed by atoms with Gasteiger partial charge in [-0.15, -0.1) is 0 Å². The molecule has 0 aliphatic rings. The van der Waals surface area contributed by atoms with E-state index in [1.54, 1.807) is 12.4 Å². The van der Waals surface area contributed by atoms with Crippen molar-refractivity contribution in [1.82, 2.24) is 14.3 Å². The summed E-state index contributed by atoms with van der Waals surface area (Å²) >= 11 is 7.48. The van der Waals surface area contributed by atoms with E-state index >= 15 is 0 Å². The number of aryl methyl sites for hydroxylation is 2. The number of aromatic nitrogens is 2. The molecule has 0 spiro atoms. The van der Waals surface area contributed by atoms with Crippen molar-refractivity contribution >= 4 is 35.2 Å². The van der Waals surface area contributed by atoms with Crippen molar-refractivity contribution in [3.8, 4) is 10.9 Å². The van der Waals surface area contributed by atoms with Crippen LogP contribution in [0.3, 0.4) is 0 Å². The summed E-state index contributed by atoms with van der Waals surface area (Å²) in [4.78, 5) is 10.7. The van der Waals surface area contributed by atoms with Crippen LogP contribution in [-0.2, 0) is 0 Å². The Hall–Kier alpha value is -1.66. The van der Waals surface area contributed by atoms with Gasteiger partial charge in [0.2, 0.25) is 0 Å². The molecule has 0 N–H and O–H groups in total. The maximum Gasteiger partial charge on any atom is 0.298 e. The molecule has 0 saturated carbocycles. The molecule has 0 atom stereocenters. The molecular weight excluding hydrogens is 320 g/mol. The number of hydrogen-bond acceptors (Lipinski definition) is 5. The van der Waals surface area contributed by atoms with Crippen LogP contribution < -0.4 is 4.74 Å². The molecule has 0 saturated heterocycles. The van der Waals surface area contributed by atoms with Crippen LogP contribution in [0.2, 0.25) is 5.02 Å². The van der Waals surface area contributed by atoms with Gasteiger partial charge >= 0.3 is 0 Å². The number of nitrogens with zero attached hydrogens (tertiary/aromatic N) is 4. The molecule has 5 nitrogen and oxygen atoms in total. The van der Waals surface area contributed by atoms with Crippen molar-refractivity contribution in [3.05, 3.63) is 28.5 Å². The van der Waals surface area contributed by atoms with Crippen molar-refractivity contribution < 1.29 is 4.74 Å². The van der Waals surface area contributed by atoms with Crippen LogP contribution in [-0.4, -0.2) is 33.7 Å².